The van der Waals surface area contributed by atoms with E-state index >= 15 is 0 Å². The lowest BCUT2D eigenvalue weighted by Crippen LogP contribution is -2.50. The zero-order chi connectivity index (χ0) is 16.2. The highest BCUT2D eigenvalue weighted by molar-refractivity contribution is 5.79. The van der Waals surface area contributed by atoms with Crippen LogP contribution in [0, 0.1) is 5.92 Å². The van der Waals surface area contributed by atoms with Crippen LogP contribution in [0.15, 0.2) is 18.3 Å². The summed E-state index contributed by atoms with van der Waals surface area (Å²) in [6, 6.07) is 4.27. The van der Waals surface area contributed by atoms with E-state index in [9.17, 15) is 4.79 Å². The third-order valence-corrected chi connectivity index (χ3v) is 5.20. The van der Waals surface area contributed by atoms with E-state index in [-0.39, 0.29) is 5.92 Å². The van der Waals surface area contributed by atoms with E-state index in [2.05, 4.69) is 45.8 Å². The van der Waals surface area contributed by atoms with E-state index in [1.54, 1.807) is 0 Å². The minimum absolute atomic E-state index is 0.199. The summed E-state index contributed by atoms with van der Waals surface area (Å²) in [5, 5.41) is 0. The molecule has 1 amide bonds. The summed E-state index contributed by atoms with van der Waals surface area (Å²) in [4.78, 5) is 23.9. The minimum atomic E-state index is 0.199. The maximum atomic E-state index is 12.7. The molecule has 126 valence electrons. The summed E-state index contributed by atoms with van der Waals surface area (Å²) in [6.07, 6.45) is 4.89. The number of aryl methyl sites for hydroxylation is 1. The molecule has 1 aromatic rings. The summed E-state index contributed by atoms with van der Waals surface area (Å²) in [5.41, 5.74) is 1.27. The molecule has 2 saturated heterocycles. The summed E-state index contributed by atoms with van der Waals surface area (Å²) < 4.78 is 0. The van der Waals surface area contributed by atoms with Gasteiger partial charge in [0, 0.05) is 51.4 Å². The molecule has 2 aliphatic heterocycles. The van der Waals surface area contributed by atoms with Crippen molar-refractivity contribution in [2.24, 2.45) is 5.92 Å². The molecule has 3 rings (SSSR count). The zero-order valence-corrected chi connectivity index (χ0v) is 14.4. The van der Waals surface area contributed by atoms with E-state index in [1.807, 2.05) is 6.20 Å². The van der Waals surface area contributed by atoms with Gasteiger partial charge in [-0.05, 0) is 37.9 Å². The Kier molecular flexibility index (Phi) is 5.16. The van der Waals surface area contributed by atoms with Crippen LogP contribution >= 0.6 is 0 Å². The van der Waals surface area contributed by atoms with Gasteiger partial charge >= 0.3 is 0 Å². The van der Waals surface area contributed by atoms with E-state index in [0.717, 1.165) is 64.3 Å². The number of piperazine rings is 1. The molecule has 23 heavy (non-hydrogen) atoms. The number of aromatic nitrogens is 1. The third kappa shape index (κ3) is 3.83. The number of hydrogen-bond donors (Lipinski definition) is 0. The standard InChI is InChI=1S/C18H28N4O/c1-3-15-4-5-17(19-14-15)21-8-6-16(7-9-21)18(23)22-12-10-20(2)11-13-22/h4-5,14,16H,3,6-13H2,1-2H3. The Labute approximate surface area is 139 Å². The average molecular weight is 316 g/mol. The van der Waals surface area contributed by atoms with Crippen molar-refractivity contribution < 1.29 is 4.79 Å². The number of pyridine rings is 1. The molecule has 5 nitrogen and oxygen atoms in total. The van der Waals surface area contributed by atoms with Crippen molar-refractivity contribution in [3.8, 4) is 0 Å². The van der Waals surface area contributed by atoms with Gasteiger partial charge < -0.3 is 14.7 Å². The van der Waals surface area contributed by atoms with Crippen LogP contribution in [0.25, 0.3) is 0 Å². The predicted molar refractivity (Wildman–Crippen MR) is 92.6 cm³/mol. The highest BCUT2D eigenvalue weighted by atomic mass is 16.2. The second-order valence-corrected chi connectivity index (χ2v) is 6.77. The van der Waals surface area contributed by atoms with Crippen molar-refractivity contribution in [1.82, 2.24) is 14.8 Å². The Bertz CT molecular complexity index is 514. The largest absolute Gasteiger partial charge is 0.357 e. The fraction of sp³-hybridized carbons (Fsp3) is 0.667. The van der Waals surface area contributed by atoms with Crippen molar-refractivity contribution in [2.45, 2.75) is 26.2 Å². The second-order valence-electron chi connectivity index (χ2n) is 6.77. The summed E-state index contributed by atoms with van der Waals surface area (Å²) in [5.74, 6) is 1.62. The molecule has 0 aromatic carbocycles. The molecule has 0 saturated carbocycles. The zero-order valence-electron chi connectivity index (χ0n) is 14.4. The average Bonchev–Trinajstić information content (AvgIpc) is 2.62. The van der Waals surface area contributed by atoms with Crippen LogP contribution in [0.4, 0.5) is 5.82 Å². The Hall–Kier alpha value is -1.62. The first-order valence-corrected chi connectivity index (χ1v) is 8.84. The number of carbonyl (C=O) groups is 1. The minimum Gasteiger partial charge on any atom is -0.357 e. The number of hydrogen-bond acceptors (Lipinski definition) is 4. The van der Waals surface area contributed by atoms with Gasteiger partial charge in [0.05, 0.1) is 0 Å². The maximum Gasteiger partial charge on any atom is 0.225 e. The summed E-state index contributed by atoms with van der Waals surface area (Å²) in [6.45, 7) is 7.78. The van der Waals surface area contributed by atoms with Crippen LogP contribution in [0.5, 0.6) is 0 Å². The lowest BCUT2D eigenvalue weighted by molar-refractivity contribution is -0.137. The lowest BCUT2D eigenvalue weighted by Gasteiger charge is -2.37. The van der Waals surface area contributed by atoms with Crippen molar-refractivity contribution in [3.05, 3.63) is 23.9 Å². The Balaban J connectivity index is 1.52. The lowest BCUT2D eigenvalue weighted by atomic mass is 9.95. The monoisotopic (exact) mass is 316 g/mol. The molecule has 0 atom stereocenters. The maximum absolute atomic E-state index is 12.7. The van der Waals surface area contributed by atoms with Crippen LogP contribution in [0.1, 0.15) is 25.3 Å². The van der Waals surface area contributed by atoms with Gasteiger partial charge in [-0.15, -0.1) is 0 Å². The van der Waals surface area contributed by atoms with Gasteiger partial charge in [0.25, 0.3) is 0 Å². The summed E-state index contributed by atoms with van der Waals surface area (Å²) >= 11 is 0. The topological polar surface area (TPSA) is 39.7 Å². The van der Waals surface area contributed by atoms with Gasteiger partial charge in [0.15, 0.2) is 0 Å². The van der Waals surface area contributed by atoms with Crippen molar-refractivity contribution in [2.75, 3.05) is 51.2 Å². The Morgan fingerprint density at radius 3 is 2.39 bits per heavy atom. The van der Waals surface area contributed by atoms with Crippen molar-refractivity contribution >= 4 is 11.7 Å². The summed E-state index contributed by atoms with van der Waals surface area (Å²) in [7, 11) is 2.12. The smallest absolute Gasteiger partial charge is 0.225 e. The van der Waals surface area contributed by atoms with Gasteiger partial charge in [-0.1, -0.05) is 13.0 Å². The SMILES string of the molecule is CCc1ccc(N2CCC(C(=O)N3CCN(C)CC3)CC2)nc1. The molecule has 0 unspecified atom stereocenters. The highest BCUT2D eigenvalue weighted by Crippen LogP contribution is 2.24. The molecule has 0 spiro atoms. The van der Waals surface area contributed by atoms with Gasteiger partial charge in [-0.25, -0.2) is 4.98 Å². The van der Waals surface area contributed by atoms with Gasteiger partial charge in [-0.2, -0.15) is 0 Å². The Morgan fingerprint density at radius 2 is 1.83 bits per heavy atom. The number of carbonyl (C=O) groups excluding carboxylic acids is 1. The normalized spacial score (nSPS) is 20.8. The number of amides is 1. The third-order valence-electron chi connectivity index (χ3n) is 5.20. The molecule has 3 heterocycles. The van der Waals surface area contributed by atoms with Crippen LogP contribution in [-0.2, 0) is 11.2 Å². The van der Waals surface area contributed by atoms with Crippen LogP contribution < -0.4 is 4.90 Å². The number of nitrogens with zero attached hydrogens (tertiary/aromatic N) is 4. The first kappa shape index (κ1) is 16.2. The van der Waals surface area contributed by atoms with E-state index in [0.29, 0.717) is 5.91 Å². The first-order valence-electron chi connectivity index (χ1n) is 8.84. The molecule has 0 N–H and O–H groups in total. The molecule has 2 aliphatic rings. The van der Waals surface area contributed by atoms with Crippen LogP contribution in [0.3, 0.4) is 0 Å². The van der Waals surface area contributed by atoms with Gasteiger partial charge in [0.1, 0.15) is 5.82 Å². The van der Waals surface area contributed by atoms with E-state index in [4.69, 9.17) is 0 Å². The first-order chi connectivity index (χ1) is 11.2. The Morgan fingerprint density at radius 1 is 1.13 bits per heavy atom. The van der Waals surface area contributed by atoms with Crippen molar-refractivity contribution in [1.29, 1.82) is 0 Å². The van der Waals surface area contributed by atoms with Crippen LogP contribution in [0.2, 0.25) is 0 Å². The molecule has 0 aliphatic carbocycles. The van der Waals surface area contributed by atoms with Crippen LogP contribution in [-0.4, -0.2) is 67.0 Å². The fourth-order valence-corrected chi connectivity index (χ4v) is 3.45. The number of likely N-dealkylation sites (N-methyl/N-ethyl adjacent to an activating group) is 1. The second kappa shape index (κ2) is 7.30. The highest BCUT2D eigenvalue weighted by Gasteiger charge is 2.30. The molecular weight excluding hydrogens is 288 g/mol. The molecule has 0 bridgehead atoms. The van der Waals surface area contributed by atoms with Gasteiger partial charge in [-0.3, -0.25) is 4.79 Å². The van der Waals surface area contributed by atoms with E-state index < -0.39 is 0 Å². The quantitative estimate of drug-likeness (QED) is 0.850. The number of rotatable bonds is 3. The predicted octanol–water partition coefficient (Wildman–Crippen LogP) is 1.63. The molecular formula is C18H28N4O. The van der Waals surface area contributed by atoms with Gasteiger partial charge in [0.2, 0.25) is 5.91 Å². The number of piperidine rings is 1. The molecule has 5 heteroatoms. The molecule has 2 fully saturated rings. The fourth-order valence-electron chi connectivity index (χ4n) is 3.45. The molecule has 0 radical (unpaired) electrons. The van der Waals surface area contributed by atoms with Crippen molar-refractivity contribution in [3.63, 3.8) is 0 Å². The molecule has 1 aromatic heterocycles. The number of anilines is 1. The van der Waals surface area contributed by atoms with E-state index in [1.165, 1.54) is 5.56 Å².